The summed E-state index contributed by atoms with van der Waals surface area (Å²) in [5.74, 6) is 0.590. The smallest absolute Gasteiger partial charge is 0.225 e. The Kier molecular flexibility index (Phi) is 3.81. The van der Waals surface area contributed by atoms with Gasteiger partial charge in [0, 0.05) is 12.1 Å². The molecule has 13 heavy (non-hydrogen) atoms. The quantitative estimate of drug-likeness (QED) is 0.624. The molecule has 3 nitrogen and oxygen atoms in total. The van der Waals surface area contributed by atoms with Crippen molar-refractivity contribution in [3.05, 3.63) is 11.2 Å². The van der Waals surface area contributed by atoms with Gasteiger partial charge in [-0.1, -0.05) is 11.6 Å². The Hall–Kier alpha value is -0.480. The molecule has 0 spiro atoms. The predicted molar refractivity (Wildman–Crippen MR) is 57.6 cm³/mol. The van der Waals surface area contributed by atoms with Crippen molar-refractivity contribution >= 4 is 29.3 Å². The van der Waals surface area contributed by atoms with Gasteiger partial charge in [-0.3, -0.25) is 0 Å². The van der Waals surface area contributed by atoms with E-state index in [0.29, 0.717) is 17.1 Å². The van der Waals surface area contributed by atoms with Crippen LogP contribution < -0.4 is 5.32 Å². The van der Waals surface area contributed by atoms with Crippen molar-refractivity contribution in [2.75, 3.05) is 11.6 Å². The van der Waals surface area contributed by atoms with E-state index in [1.54, 1.807) is 17.8 Å². The van der Waals surface area contributed by atoms with Gasteiger partial charge in [-0.2, -0.15) is 0 Å². The maximum absolute atomic E-state index is 5.81. The summed E-state index contributed by atoms with van der Waals surface area (Å²) >= 11 is 7.36. The maximum atomic E-state index is 5.81. The second-order valence-electron chi connectivity index (χ2n) is 2.86. The zero-order valence-electron chi connectivity index (χ0n) is 7.84. The molecule has 1 N–H and O–H groups in total. The van der Waals surface area contributed by atoms with Crippen molar-refractivity contribution in [1.29, 1.82) is 0 Å². The third kappa shape index (κ3) is 3.40. The highest BCUT2D eigenvalue weighted by Gasteiger charge is 2.02. The largest absolute Gasteiger partial charge is 0.352 e. The molecule has 0 atom stereocenters. The first kappa shape index (κ1) is 10.6. The first-order valence-corrected chi connectivity index (χ1v) is 5.57. The molecular weight excluding hydrogens is 206 g/mol. The van der Waals surface area contributed by atoms with Gasteiger partial charge in [0.15, 0.2) is 0 Å². The number of halogens is 1. The fraction of sp³-hybridized carbons (Fsp3) is 0.500. The Balaban J connectivity index is 2.88. The lowest BCUT2D eigenvalue weighted by atomic mass is 10.4. The number of nitrogens with zero attached hydrogens (tertiary/aromatic N) is 2. The fourth-order valence-electron chi connectivity index (χ4n) is 0.824. The molecule has 5 heteroatoms. The Morgan fingerprint density at radius 1 is 1.46 bits per heavy atom. The molecule has 0 saturated carbocycles. The van der Waals surface area contributed by atoms with Crippen molar-refractivity contribution in [3.63, 3.8) is 0 Å². The summed E-state index contributed by atoms with van der Waals surface area (Å²) in [6.45, 7) is 4.06. The van der Waals surface area contributed by atoms with Gasteiger partial charge in [-0.25, -0.2) is 9.97 Å². The number of rotatable bonds is 3. The molecule has 0 aliphatic rings. The summed E-state index contributed by atoms with van der Waals surface area (Å²) in [5, 5.41) is 4.45. The van der Waals surface area contributed by atoms with E-state index in [2.05, 4.69) is 15.3 Å². The van der Waals surface area contributed by atoms with Gasteiger partial charge in [0.05, 0.1) is 0 Å². The van der Waals surface area contributed by atoms with Crippen molar-refractivity contribution in [3.8, 4) is 0 Å². The zero-order chi connectivity index (χ0) is 9.84. The molecule has 0 aliphatic carbocycles. The predicted octanol–water partition coefficient (Wildman–Crippen LogP) is 2.67. The SMILES string of the molecule is CSc1cc(Cl)nc(NC(C)C)n1. The summed E-state index contributed by atoms with van der Waals surface area (Å²) in [4.78, 5) is 8.30. The third-order valence-corrected chi connectivity index (χ3v) is 2.12. The minimum atomic E-state index is 0.313. The van der Waals surface area contributed by atoms with Crippen LogP contribution in [-0.4, -0.2) is 22.3 Å². The second-order valence-corrected chi connectivity index (χ2v) is 4.07. The first-order chi connectivity index (χ1) is 6.11. The van der Waals surface area contributed by atoms with E-state index in [1.165, 1.54) is 0 Å². The van der Waals surface area contributed by atoms with Gasteiger partial charge in [-0.15, -0.1) is 11.8 Å². The molecule has 0 bridgehead atoms. The van der Waals surface area contributed by atoms with Crippen LogP contribution in [0.15, 0.2) is 11.1 Å². The molecule has 1 aromatic heterocycles. The number of aromatic nitrogens is 2. The molecule has 0 radical (unpaired) electrons. The van der Waals surface area contributed by atoms with E-state index in [4.69, 9.17) is 11.6 Å². The van der Waals surface area contributed by atoms with E-state index < -0.39 is 0 Å². The molecule has 0 aliphatic heterocycles. The molecule has 0 amide bonds. The van der Waals surface area contributed by atoms with Crippen LogP contribution in [0.3, 0.4) is 0 Å². The third-order valence-electron chi connectivity index (χ3n) is 1.30. The van der Waals surface area contributed by atoms with Crippen LogP contribution in [0, 0.1) is 0 Å². The molecule has 0 fully saturated rings. The van der Waals surface area contributed by atoms with Crippen LogP contribution in [0.5, 0.6) is 0 Å². The van der Waals surface area contributed by atoms with Crippen molar-refractivity contribution in [2.45, 2.75) is 24.9 Å². The second kappa shape index (κ2) is 4.67. The fourth-order valence-corrected chi connectivity index (χ4v) is 1.48. The van der Waals surface area contributed by atoms with E-state index in [-0.39, 0.29) is 0 Å². The molecular formula is C8H12ClN3S. The van der Waals surface area contributed by atoms with E-state index in [1.807, 2.05) is 20.1 Å². The average molecular weight is 218 g/mol. The average Bonchev–Trinajstić information content (AvgIpc) is 2.01. The van der Waals surface area contributed by atoms with Gasteiger partial charge in [0.25, 0.3) is 0 Å². The Morgan fingerprint density at radius 2 is 2.15 bits per heavy atom. The first-order valence-electron chi connectivity index (χ1n) is 3.97. The van der Waals surface area contributed by atoms with Crippen LogP contribution >= 0.6 is 23.4 Å². The van der Waals surface area contributed by atoms with Crippen LogP contribution in [0.2, 0.25) is 5.15 Å². The van der Waals surface area contributed by atoms with Crippen LogP contribution in [-0.2, 0) is 0 Å². The highest BCUT2D eigenvalue weighted by Crippen LogP contribution is 2.17. The zero-order valence-corrected chi connectivity index (χ0v) is 9.41. The monoisotopic (exact) mass is 217 g/mol. The molecule has 0 saturated heterocycles. The number of thioether (sulfide) groups is 1. The molecule has 1 aromatic rings. The lowest BCUT2D eigenvalue weighted by molar-refractivity contribution is 0.864. The molecule has 0 unspecified atom stereocenters. The summed E-state index contributed by atoms with van der Waals surface area (Å²) in [6.07, 6.45) is 1.96. The number of hydrogen-bond acceptors (Lipinski definition) is 4. The highest BCUT2D eigenvalue weighted by atomic mass is 35.5. The Morgan fingerprint density at radius 3 is 2.69 bits per heavy atom. The van der Waals surface area contributed by atoms with Crippen LogP contribution in [0.25, 0.3) is 0 Å². The minimum absolute atomic E-state index is 0.313. The van der Waals surface area contributed by atoms with Crippen molar-refractivity contribution in [1.82, 2.24) is 9.97 Å². The van der Waals surface area contributed by atoms with Crippen LogP contribution in [0.1, 0.15) is 13.8 Å². The summed E-state index contributed by atoms with van der Waals surface area (Å²) < 4.78 is 0. The molecule has 0 aromatic carbocycles. The number of hydrogen-bond donors (Lipinski definition) is 1. The topological polar surface area (TPSA) is 37.8 Å². The highest BCUT2D eigenvalue weighted by molar-refractivity contribution is 7.98. The van der Waals surface area contributed by atoms with Gasteiger partial charge in [0.2, 0.25) is 5.95 Å². The maximum Gasteiger partial charge on any atom is 0.225 e. The van der Waals surface area contributed by atoms with E-state index in [9.17, 15) is 0 Å². The summed E-state index contributed by atoms with van der Waals surface area (Å²) in [7, 11) is 0. The lowest BCUT2D eigenvalue weighted by Crippen LogP contribution is -2.12. The van der Waals surface area contributed by atoms with Crippen molar-refractivity contribution < 1.29 is 0 Å². The normalized spacial score (nSPS) is 10.5. The van der Waals surface area contributed by atoms with E-state index >= 15 is 0 Å². The molecule has 1 heterocycles. The van der Waals surface area contributed by atoms with Crippen molar-refractivity contribution in [2.24, 2.45) is 0 Å². The van der Waals surface area contributed by atoms with Gasteiger partial charge in [-0.05, 0) is 20.1 Å². The van der Waals surface area contributed by atoms with Gasteiger partial charge >= 0.3 is 0 Å². The Labute approximate surface area is 87.3 Å². The van der Waals surface area contributed by atoms with Gasteiger partial charge in [0.1, 0.15) is 10.2 Å². The van der Waals surface area contributed by atoms with Crippen LogP contribution in [0.4, 0.5) is 5.95 Å². The summed E-state index contributed by atoms with van der Waals surface area (Å²) in [6, 6.07) is 2.06. The molecule has 1 rings (SSSR count). The Bertz CT molecular complexity index is 291. The van der Waals surface area contributed by atoms with E-state index in [0.717, 1.165) is 5.03 Å². The molecule has 72 valence electrons. The minimum Gasteiger partial charge on any atom is -0.352 e. The lowest BCUT2D eigenvalue weighted by Gasteiger charge is -2.08. The number of anilines is 1. The summed E-state index contributed by atoms with van der Waals surface area (Å²) in [5.41, 5.74) is 0. The number of nitrogens with one attached hydrogen (secondary N) is 1. The standard InChI is InChI=1S/C8H12ClN3S/c1-5(2)10-8-11-6(9)4-7(12-8)13-3/h4-5H,1-3H3,(H,10,11,12). The van der Waals surface area contributed by atoms with Gasteiger partial charge < -0.3 is 5.32 Å².